The van der Waals surface area contributed by atoms with Gasteiger partial charge in [-0.25, -0.2) is 9.98 Å². The van der Waals surface area contributed by atoms with Gasteiger partial charge in [0.15, 0.2) is 5.82 Å². The molecule has 0 atom stereocenters. The van der Waals surface area contributed by atoms with Crippen molar-refractivity contribution in [2.45, 2.75) is 26.2 Å². The van der Waals surface area contributed by atoms with Crippen LogP contribution in [0.15, 0.2) is 17.1 Å². The summed E-state index contributed by atoms with van der Waals surface area (Å²) in [6, 6.07) is 3.82. The Balaban J connectivity index is 2.65. The first-order valence-corrected chi connectivity index (χ1v) is 4.62. The third-order valence-electron chi connectivity index (χ3n) is 2.69. The van der Waals surface area contributed by atoms with Gasteiger partial charge in [0.2, 0.25) is 0 Å². The lowest BCUT2D eigenvalue weighted by Crippen LogP contribution is -2.22. The van der Waals surface area contributed by atoms with Crippen molar-refractivity contribution in [2.75, 3.05) is 0 Å². The Bertz CT molecular complexity index is 394. The molecule has 0 radical (unpaired) electrons. The van der Waals surface area contributed by atoms with Gasteiger partial charge in [0, 0.05) is 16.7 Å². The molecule has 68 valence electrons. The van der Waals surface area contributed by atoms with E-state index in [0.717, 1.165) is 17.1 Å². The first-order chi connectivity index (χ1) is 6.01. The van der Waals surface area contributed by atoms with E-state index in [2.05, 4.69) is 23.8 Å². The summed E-state index contributed by atoms with van der Waals surface area (Å²) in [6.45, 7) is 6.32. The number of fused-ring (bicyclic) bond motifs is 1. The van der Waals surface area contributed by atoms with Crippen molar-refractivity contribution in [3.63, 3.8) is 0 Å². The molecule has 0 aromatic carbocycles. The minimum atomic E-state index is 0.00687. The highest BCUT2D eigenvalue weighted by Crippen LogP contribution is 2.38. The molecule has 0 spiro atoms. The Morgan fingerprint density at radius 3 is 2.69 bits per heavy atom. The molecule has 0 fully saturated rings. The topological polar surface area (TPSA) is 25.2 Å². The highest BCUT2D eigenvalue weighted by Gasteiger charge is 2.32. The molecule has 1 aliphatic heterocycles. The van der Waals surface area contributed by atoms with Gasteiger partial charge in [0.05, 0.1) is 0 Å². The van der Waals surface area contributed by atoms with Crippen molar-refractivity contribution in [3.05, 3.63) is 22.8 Å². The second-order valence-corrected chi connectivity index (χ2v) is 4.21. The average Bonchev–Trinajstić information content (AvgIpc) is 2.23. The molecule has 1 aromatic rings. The van der Waals surface area contributed by atoms with Crippen LogP contribution in [-0.2, 0) is 5.41 Å². The van der Waals surface area contributed by atoms with Crippen molar-refractivity contribution in [3.8, 4) is 0 Å². The van der Waals surface area contributed by atoms with Crippen LogP contribution in [0.4, 0.5) is 5.82 Å². The number of hydrogen-bond donors (Lipinski definition) is 0. The zero-order valence-electron chi connectivity index (χ0n) is 7.93. The zero-order valence-corrected chi connectivity index (χ0v) is 8.68. The molecule has 2 rings (SSSR count). The van der Waals surface area contributed by atoms with Gasteiger partial charge in [-0.3, -0.25) is 0 Å². The maximum Gasteiger partial charge on any atom is 0.157 e. The minimum absolute atomic E-state index is 0.00687. The SMILES string of the molecule is CC1=Nc2nc(Cl)ccc2C1(C)C. The Morgan fingerprint density at radius 1 is 1.31 bits per heavy atom. The summed E-state index contributed by atoms with van der Waals surface area (Å²) in [5.74, 6) is 0.773. The van der Waals surface area contributed by atoms with Crippen molar-refractivity contribution < 1.29 is 0 Å². The van der Waals surface area contributed by atoms with E-state index in [-0.39, 0.29) is 5.41 Å². The Morgan fingerprint density at radius 2 is 2.00 bits per heavy atom. The van der Waals surface area contributed by atoms with Crippen LogP contribution in [0, 0.1) is 0 Å². The van der Waals surface area contributed by atoms with Gasteiger partial charge in [-0.15, -0.1) is 0 Å². The molecule has 2 nitrogen and oxygen atoms in total. The van der Waals surface area contributed by atoms with Gasteiger partial charge in [-0.1, -0.05) is 31.5 Å². The molecular formula is C10H11ClN2. The number of aromatic nitrogens is 1. The molecule has 0 bridgehead atoms. The second kappa shape index (κ2) is 2.55. The molecule has 0 amide bonds. The fourth-order valence-corrected chi connectivity index (χ4v) is 1.63. The van der Waals surface area contributed by atoms with Crippen LogP contribution >= 0.6 is 11.6 Å². The summed E-state index contributed by atoms with van der Waals surface area (Å²) < 4.78 is 0. The predicted octanol–water partition coefficient (Wildman–Crippen LogP) is 3.12. The summed E-state index contributed by atoms with van der Waals surface area (Å²) in [6.07, 6.45) is 0. The standard InChI is InChI=1S/C10H11ClN2/c1-6-10(2,3)7-4-5-8(11)13-9(7)12-6/h4-5H,1-3H3. The molecule has 0 unspecified atom stereocenters. The second-order valence-electron chi connectivity index (χ2n) is 3.83. The minimum Gasteiger partial charge on any atom is -0.237 e. The highest BCUT2D eigenvalue weighted by molar-refractivity contribution is 6.29. The van der Waals surface area contributed by atoms with E-state index in [1.807, 2.05) is 19.1 Å². The molecule has 0 N–H and O–H groups in total. The first kappa shape index (κ1) is 8.70. The number of aliphatic imine (C=N–C) groups is 1. The maximum absolute atomic E-state index is 5.78. The average molecular weight is 195 g/mol. The van der Waals surface area contributed by atoms with Crippen LogP contribution < -0.4 is 0 Å². The highest BCUT2D eigenvalue weighted by atomic mass is 35.5. The van der Waals surface area contributed by atoms with Gasteiger partial charge in [0.1, 0.15) is 5.15 Å². The number of halogens is 1. The Kier molecular flexibility index (Phi) is 1.70. The summed E-state index contributed by atoms with van der Waals surface area (Å²) in [5.41, 5.74) is 2.26. The molecule has 1 aliphatic rings. The lowest BCUT2D eigenvalue weighted by molar-refractivity contribution is 0.731. The van der Waals surface area contributed by atoms with Crippen LogP contribution in [0.25, 0.3) is 0 Å². The largest absolute Gasteiger partial charge is 0.237 e. The van der Waals surface area contributed by atoms with E-state index in [9.17, 15) is 0 Å². The lowest BCUT2D eigenvalue weighted by Gasteiger charge is -2.18. The number of pyridine rings is 1. The van der Waals surface area contributed by atoms with E-state index in [1.165, 1.54) is 0 Å². The molecule has 2 heterocycles. The normalized spacial score (nSPS) is 18.3. The van der Waals surface area contributed by atoms with Gasteiger partial charge in [-0.05, 0) is 13.0 Å². The number of rotatable bonds is 0. The van der Waals surface area contributed by atoms with Crippen LogP contribution in [-0.4, -0.2) is 10.7 Å². The summed E-state index contributed by atoms with van der Waals surface area (Å²) >= 11 is 5.78. The van der Waals surface area contributed by atoms with Gasteiger partial charge in [0.25, 0.3) is 0 Å². The number of nitrogens with zero attached hydrogens (tertiary/aromatic N) is 2. The summed E-state index contributed by atoms with van der Waals surface area (Å²) in [5, 5.41) is 0.507. The summed E-state index contributed by atoms with van der Waals surface area (Å²) in [4.78, 5) is 8.56. The molecule has 0 saturated heterocycles. The molecule has 13 heavy (non-hydrogen) atoms. The first-order valence-electron chi connectivity index (χ1n) is 4.24. The monoisotopic (exact) mass is 194 g/mol. The Hall–Kier alpha value is -0.890. The zero-order chi connectivity index (χ0) is 9.64. The molecule has 0 aliphatic carbocycles. The van der Waals surface area contributed by atoms with E-state index in [0.29, 0.717) is 5.15 Å². The summed E-state index contributed by atoms with van der Waals surface area (Å²) in [7, 11) is 0. The molecular weight excluding hydrogens is 184 g/mol. The van der Waals surface area contributed by atoms with Crippen LogP contribution in [0.1, 0.15) is 26.3 Å². The molecule has 3 heteroatoms. The van der Waals surface area contributed by atoms with Crippen LogP contribution in [0.5, 0.6) is 0 Å². The van der Waals surface area contributed by atoms with Crippen molar-refractivity contribution in [1.82, 2.24) is 4.98 Å². The van der Waals surface area contributed by atoms with E-state index in [4.69, 9.17) is 11.6 Å². The van der Waals surface area contributed by atoms with Crippen molar-refractivity contribution >= 4 is 23.1 Å². The third-order valence-corrected chi connectivity index (χ3v) is 2.90. The van der Waals surface area contributed by atoms with Gasteiger partial charge in [-0.2, -0.15) is 0 Å². The molecule has 1 aromatic heterocycles. The number of hydrogen-bond acceptors (Lipinski definition) is 2. The van der Waals surface area contributed by atoms with Crippen molar-refractivity contribution in [2.24, 2.45) is 4.99 Å². The van der Waals surface area contributed by atoms with Crippen molar-refractivity contribution in [1.29, 1.82) is 0 Å². The Labute approximate surface area is 82.7 Å². The smallest absolute Gasteiger partial charge is 0.157 e. The maximum atomic E-state index is 5.78. The van der Waals surface area contributed by atoms with E-state index < -0.39 is 0 Å². The predicted molar refractivity (Wildman–Crippen MR) is 55.0 cm³/mol. The quantitative estimate of drug-likeness (QED) is 0.583. The van der Waals surface area contributed by atoms with Gasteiger partial charge < -0.3 is 0 Å². The third kappa shape index (κ3) is 1.17. The molecule has 0 saturated carbocycles. The van der Waals surface area contributed by atoms with Gasteiger partial charge >= 0.3 is 0 Å². The van der Waals surface area contributed by atoms with E-state index in [1.54, 1.807) is 0 Å². The van der Waals surface area contributed by atoms with E-state index >= 15 is 0 Å². The van der Waals surface area contributed by atoms with Crippen LogP contribution in [0.3, 0.4) is 0 Å². The van der Waals surface area contributed by atoms with Crippen LogP contribution in [0.2, 0.25) is 5.15 Å². The fraction of sp³-hybridized carbons (Fsp3) is 0.400. The lowest BCUT2D eigenvalue weighted by atomic mass is 9.83. The fourth-order valence-electron chi connectivity index (χ4n) is 1.49.